The Morgan fingerprint density at radius 1 is 1.11 bits per heavy atom. The molecule has 5 rings (SSSR count). The third kappa shape index (κ3) is 2.43. The van der Waals surface area contributed by atoms with Crippen molar-refractivity contribution in [2.45, 2.75) is 51.6 Å². The zero-order valence-electron chi connectivity index (χ0n) is 16.3. The number of nitrogens with one attached hydrogen (secondary N) is 1. The molecule has 2 bridgehead atoms. The summed E-state index contributed by atoms with van der Waals surface area (Å²) in [7, 11) is 1.78. The number of hydrogen-bond acceptors (Lipinski definition) is 2. The summed E-state index contributed by atoms with van der Waals surface area (Å²) in [5, 5.41) is 3.07. The smallest absolute Gasteiger partial charge is 0.322 e. The first-order valence-corrected chi connectivity index (χ1v) is 10.1. The number of likely N-dealkylation sites (N-methyl/N-ethyl adjacent to an activating group) is 1. The van der Waals surface area contributed by atoms with E-state index in [0.29, 0.717) is 18.5 Å². The topological polar surface area (TPSA) is 52.7 Å². The number of benzene rings is 1. The monoisotopic (exact) mass is 365 g/mol. The lowest BCUT2D eigenvalue weighted by Crippen LogP contribution is -2.45. The fraction of sp³-hybridized carbons (Fsp3) is 0.545. The van der Waals surface area contributed by atoms with Crippen molar-refractivity contribution in [1.29, 1.82) is 0 Å². The van der Waals surface area contributed by atoms with Crippen molar-refractivity contribution < 1.29 is 9.59 Å². The van der Waals surface area contributed by atoms with Gasteiger partial charge in [0, 0.05) is 13.1 Å². The van der Waals surface area contributed by atoms with Gasteiger partial charge in [-0.15, -0.1) is 0 Å². The largest absolute Gasteiger partial charge is 0.330 e. The molecular weight excluding hydrogens is 338 g/mol. The van der Waals surface area contributed by atoms with Gasteiger partial charge in [0.25, 0.3) is 5.91 Å². The molecule has 142 valence electrons. The maximum Gasteiger partial charge on any atom is 0.322 e. The summed E-state index contributed by atoms with van der Waals surface area (Å²) in [4.78, 5) is 29.8. The molecule has 2 fully saturated rings. The Morgan fingerprint density at radius 2 is 1.93 bits per heavy atom. The van der Waals surface area contributed by atoms with E-state index in [-0.39, 0.29) is 18.0 Å². The number of aryl methyl sites for hydroxylation is 2. The van der Waals surface area contributed by atoms with Gasteiger partial charge in [-0.05, 0) is 56.1 Å². The summed E-state index contributed by atoms with van der Waals surface area (Å²) >= 11 is 0. The zero-order chi connectivity index (χ0) is 18.9. The fourth-order valence-electron chi connectivity index (χ4n) is 5.83. The van der Waals surface area contributed by atoms with Crippen LogP contribution in [0.2, 0.25) is 0 Å². The van der Waals surface area contributed by atoms with Crippen molar-refractivity contribution in [3.8, 4) is 0 Å². The molecule has 4 atom stereocenters. The molecular formula is C22H27N3O2. The number of rotatable bonds is 2. The Labute approximate surface area is 160 Å². The van der Waals surface area contributed by atoms with Crippen molar-refractivity contribution >= 4 is 11.9 Å². The van der Waals surface area contributed by atoms with E-state index in [2.05, 4.69) is 42.3 Å². The average Bonchev–Trinajstić information content (AvgIpc) is 3.33. The van der Waals surface area contributed by atoms with Crippen molar-refractivity contribution in [3.63, 3.8) is 0 Å². The standard InChI is InChI=1S/C22H27N3O2/c1-12-4-7-16(13(2)8-12)20-19-18(24(3)22(27)23-20)11-25(21(19)26)17-10-14-5-6-15(17)9-14/h4,7-8,14-15,17,20H,5-6,9-11H2,1-3H3,(H,23,27). The highest BCUT2D eigenvalue weighted by Crippen LogP contribution is 2.49. The average molecular weight is 365 g/mol. The molecule has 0 radical (unpaired) electrons. The Balaban J connectivity index is 1.53. The van der Waals surface area contributed by atoms with Gasteiger partial charge in [-0.2, -0.15) is 0 Å². The Morgan fingerprint density at radius 3 is 2.59 bits per heavy atom. The SMILES string of the molecule is Cc1ccc(C2NC(=O)N(C)C3=C2C(=O)N(C2CC4CCC2C4)C3)c(C)c1. The number of carbonyl (C=O) groups excluding carboxylic acids is 2. The summed E-state index contributed by atoms with van der Waals surface area (Å²) in [6, 6.07) is 6.11. The van der Waals surface area contributed by atoms with E-state index in [0.717, 1.165) is 34.7 Å². The van der Waals surface area contributed by atoms with Crippen molar-refractivity contribution in [2.24, 2.45) is 11.8 Å². The molecule has 0 saturated heterocycles. The summed E-state index contributed by atoms with van der Waals surface area (Å²) in [5.41, 5.74) is 4.98. The first-order valence-electron chi connectivity index (χ1n) is 10.1. The van der Waals surface area contributed by atoms with Crippen LogP contribution in [0, 0.1) is 25.7 Å². The van der Waals surface area contributed by atoms with Gasteiger partial charge in [0.1, 0.15) is 0 Å². The maximum atomic E-state index is 13.5. The van der Waals surface area contributed by atoms with E-state index in [4.69, 9.17) is 0 Å². The molecule has 0 aromatic heterocycles. The first-order chi connectivity index (χ1) is 12.9. The predicted molar refractivity (Wildman–Crippen MR) is 103 cm³/mol. The minimum atomic E-state index is -0.347. The van der Waals surface area contributed by atoms with Gasteiger partial charge in [0.15, 0.2) is 0 Å². The summed E-state index contributed by atoms with van der Waals surface area (Å²) in [5.74, 6) is 1.56. The van der Waals surface area contributed by atoms with Crippen LogP contribution < -0.4 is 5.32 Å². The second-order valence-corrected chi connectivity index (χ2v) is 8.84. The number of urea groups is 1. The second-order valence-electron chi connectivity index (χ2n) is 8.84. The van der Waals surface area contributed by atoms with Crippen LogP contribution in [0.5, 0.6) is 0 Å². The Kier molecular flexibility index (Phi) is 3.65. The summed E-state index contributed by atoms with van der Waals surface area (Å²) < 4.78 is 0. The van der Waals surface area contributed by atoms with Gasteiger partial charge < -0.3 is 10.2 Å². The number of hydrogen-bond donors (Lipinski definition) is 1. The molecule has 2 heterocycles. The molecule has 4 aliphatic rings. The molecule has 1 aromatic carbocycles. The molecule has 5 heteroatoms. The molecule has 2 aliphatic carbocycles. The quantitative estimate of drug-likeness (QED) is 0.874. The molecule has 1 N–H and O–H groups in total. The van der Waals surface area contributed by atoms with Gasteiger partial charge in [0.05, 0.1) is 23.9 Å². The van der Waals surface area contributed by atoms with Crippen molar-refractivity contribution in [1.82, 2.24) is 15.1 Å². The van der Waals surface area contributed by atoms with Gasteiger partial charge in [-0.1, -0.05) is 30.2 Å². The number of fused-ring (bicyclic) bond motifs is 2. The van der Waals surface area contributed by atoms with Crippen molar-refractivity contribution in [2.75, 3.05) is 13.6 Å². The highest BCUT2D eigenvalue weighted by atomic mass is 16.2. The van der Waals surface area contributed by atoms with E-state index in [1.165, 1.54) is 24.8 Å². The lowest BCUT2D eigenvalue weighted by molar-refractivity contribution is -0.128. The van der Waals surface area contributed by atoms with Crippen LogP contribution in [0.3, 0.4) is 0 Å². The molecule has 1 aromatic rings. The normalized spacial score (nSPS) is 32.4. The fourth-order valence-corrected chi connectivity index (χ4v) is 5.83. The zero-order valence-corrected chi connectivity index (χ0v) is 16.3. The third-order valence-electron chi connectivity index (χ3n) is 7.23. The molecule has 0 spiro atoms. The lowest BCUT2D eigenvalue weighted by Gasteiger charge is -2.32. The Bertz CT molecular complexity index is 874. The minimum Gasteiger partial charge on any atom is -0.330 e. The lowest BCUT2D eigenvalue weighted by atomic mass is 9.91. The van der Waals surface area contributed by atoms with Gasteiger partial charge in [-0.25, -0.2) is 4.79 Å². The Hall–Kier alpha value is -2.30. The molecule has 4 unspecified atom stereocenters. The number of amides is 3. The van der Waals surface area contributed by atoms with Gasteiger partial charge in [-0.3, -0.25) is 9.69 Å². The highest BCUT2D eigenvalue weighted by Gasteiger charge is 2.50. The first kappa shape index (κ1) is 16.8. The van der Waals surface area contributed by atoms with Crippen LogP contribution >= 0.6 is 0 Å². The van der Waals surface area contributed by atoms with Crippen LogP contribution in [0.25, 0.3) is 0 Å². The van der Waals surface area contributed by atoms with Crippen LogP contribution in [-0.2, 0) is 4.79 Å². The van der Waals surface area contributed by atoms with Crippen LogP contribution in [0.15, 0.2) is 29.5 Å². The van der Waals surface area contributed by atoms with Crippen LogP contribution in [-0.4, -0.2) is 41.4 Å². The molecule has 27 heavy (non-hydrogen) atoms. The highest BCUT2D eigenvalue weighted by molar-refractivity contribution is 6.01. The van der Waals surface area contributed by atoms with E-state index < -0.39 is 0 Å². The molecule has 3 amide bonds. The van der Waals surface area contributed by atoms with Gasteiger partial charge in [0.2, 0.25) is 0 Å². The summed E-state index contributed by atoms with van der Waals surface area (Å²) in [6.07, 6.45) is 4.97. The summed E-state index contributed by atoms with van der Waals surface area (Å²) in [6.45, 7) is 4.69. The number of carbonyl (C=O) groups is 2. The van der Waals surface area contributed by atoms with Crippen molar-refractivity contribution in [3.05, 3.63) is 46.2 Å². The van der Waals surface area contributed by atoms with Gasteiger partial charge >= 0.3 is 6.03 Å². The van der Waals surface area contributed by atoms with E-state index in [1.807, 2.05) is 0 Å². The third-order valence-corrected chi connectivity index (χ3v) is 7.23. The van der Waals surface area contributed by atoms with E-state index in [9.17, 15) is 9.59 Å². The second kappa shape index (κ2) is 5.85. The minimum absolute atomic E-state index is 0.124. The predicted octanol–water partition coefficient (Wildman–Crippen LogP) is 3.28. The van der Waals surface area contributed by atoms with Crippen LogP contribution in [0.4, 0.5) is 4.79 Å². The van der Waals surface area contributed by atoms with E-state index in [1.54, 1.807) is 11.9 Å². The molecule has 2 saturated carbocycles. The number of nitrogens with zero attached hydrogens (tertiary/aromatic N) is 2. The molecule has 5 nitrogen and oxygen atoms in total. The van der Waals surface area contributed by atoms with E-state index >= 15 is 0 Å². The molecule has 2 aliphatic heterocycles. The maximum absolute atomic E-state index is 13.5. The van der Waals surface area contributed by atoms with Crippen LogP contribution in [0.1, 0.15) is 48.4 Å².